The summed E-state index contributed by atoms with van der Waals surface area (Å²) in [5, 5.41) is 24.7. The standard InChI is InChI=1S/C40H34N10O18S6.5Na/c1-23-19-25(9-13-31(23)47-48-32-14-15-33(30-21-27(70(53,54)55)10-12-29(30)32)49-50-34-7-2-3-8-36(34)72(59,60)61)42-39-44-38(41-24-5-4-6-26(20-24)69(51,52)18-17-68-74(65,66)67)45-40(46-39)43-35-22-28(71(56,57)58)11-16-37(35)73(62,63)64;;;;;/h2-16,19-22H,17-18H2,1H3,(H,53,54,55)(H,56,57,58)(H,59,60,61)(H,62,63,64)(H,65,66,67)(H3,41,42,43,44,45,46);;;;;/q;5*+1/p-5. The molecule has 7 rings (SSSR count). The van der Waals surface area contributed by atoms with Gasteiger partial charge in [0.05, 0.1) is 59.6 Å². The van der Waals surface area contributed by atoms with Gasteiger partial charge in [0.2, 0.25) is 28.2 Å². The van der Waals surface area contributed by atoms with Crippen molar-refractivity contribution in [3.63, 3.8) is 0 Å². The number of anilines is 6. The van der Waals surface area contributed by atoms with Crippen molar-refractivity contribution in [3.8, 4) is 0 Å². The fraction of sp³-hybridized carbons (Fsp3) is 0.0750. The molecule has 79 heavy (non-hydrogen) atoms. The Morgan fingerprint density at radius 1 is 0.443 bits per heavy atom. The molecule has 0 unspecified atom stereocenters. The second-order valence-corrected chi connectivity index (χ2v) is 23.5. The second kappa shape index (κ2) is 29.4. The molecular weight excluding hydrogens is 1220 g/mol. The Balaban J connectivity index is 0.00000427. The van der Waals surface area contributed by atoms with E-state index < -0.39 is 110 Å². The molecule has 0 spiro atoms. The number of hydrogen-bond acceptors (Lipinski definition) is 28. The molecule has 0 aliphatic carbocycles. The third kappa shape index (κ3) is 20.2. The number of sulfone groups is 1. The molecule has 7 aromatic rings. The van der Waals surface area contributed by atoms with Gasteiger partial charge in [0.25, 0.3) is 0 Å². The molecule has 0 fully saturated rings. The summed E-state index contributed by atoms with van der Waals surface area (Å²) in [7, 11) is -30.0. The fourth-order valence-corrected chi connectivity index (χ4v) is 10.2. The van der Waals surface area contributed by atoms with Crippen LogP contribution in [0.25, 0.3) is 10.8 Å². The van der Waals surface area contributed by atoms with Crippen LogP contribution in [-0.2, 0) is 64.9 Å². The van der Waals surface area contributed by atoms with Gasteiger partial charge in [-0.05, 0) is 103 Å². The number of rotatable bonds is 19. The Kier molecular flexibility index (Phi) is 27.1. The predicted octanol–water partition coefficient (Wildman–Crippen LogP) is -9.72. The summed E-state index contributed by atoms with van der Waals surface area (Å²) in [6, 6.07) is 21.9. The van der Waals surface area contributed by atoms with Gasteiger partial charge in [-0.3, -0.25) is 4.18 Å². The van der Waals surface area contributed by atoms with E-state index >= 15 is 0 Å². The number of aromatic nitrogens is 3. The van der Waals surface area contributed by atoms with E-state index in [1.54, 1.807) is 6.92 Å². The molecule has 1 heterocycles. The molecule has 0 saturated carbocycles. The molecule has 0 radical (unpaired) electrons. The number of hydrogen-bond donors (Lipinski definition) is 3. The third-order valence-electron chi connectivity index (χ3n) is 9.77. The molecule has 388 valence electrons. The Bertz CT molecular complexity index is 4190. The summed E-state index contributed by atoms with van der Waals surface area (Å²) in [6.07, 6.45) is 0. The topological polar surface area (TPSA) is 454 Å². The molecule has 3 N–H and O–H groups in total. The van der Waals surface area contributed by atoms with Crippen LogP contribution in [0.4, 0.5) is 57.7 Å². The second-order valence-electron chi connectivity index (χ2n) is 14.9. The first-order chi connectivity index (χ1) is 34.4. The number of aryl methyl sites for hydroxylation is 1. The first kappa shape index (κ1) is 72.8. The largest absolute Gasteiger partial charge is 1.00 e. The van der Waals surface area contributed by atoms with Crippen molar-refractivity contribution < 1.29 is 225 Å². The smallest absolute Gasteiger partial charge is 0.744 e. The molecule has 1 aromatic heterocycles. The van der Waals surface area contributed by atoms with Crippen molar-refractivity contribution >= 4 is 129 Å². The number of nitrogens with one attached hydrogen (secondary N) is 3. The van der Waals surface area contributed by atoms with Crippen LogP contribution in [-0.4, -0.2) is 101 Å². The summed E-state index contributed by atoms with van der Waals surface area (Å²) in [5.74, 6) is -2.28. The van der Waals surface area contributed by atoms with E-state index in [9.17, 15) is 73.3 Å². The van der Waals surface area contributed by atoms with E-state index in [1.807, 2.05) is 0 Å². The molecule has 28 nitrogen and oxygen atoms in total. The SMILES string of the molecule is Cc1cc(Nc2nc(Nc3cccc(S(=O)(=O)CCOS(=O)(=O)[O-])c3)nc(Nc3cc(S(=O)(=O)[O-])ccc3S(=O)(=O)[O-])n2)ccc1N=Nc1ccc(N=Nc2ccccc2S(=O)(=O)[O-])c2cc(S(=O)(=O)[O-])ccc12.[Na+].[Na+].[Na+].[Na+].[Na+]. The van der Waals surface area contributed by atoms with E-state index in [1.165, 1.54) is 66.7 Å². The minimum Gasteiger partial charge on any atom is -0.744 e. The Morgan fingerprint density at radius 3 is 1.49 bits per heavy atom. The molecule has 0 aliphatic heterocycles. The molecule has 0 bridgehead atoms. The molecular formula is C40H29N10Na5O18S6. The van der Waals surface area contributed by atoms with Gasteiger partial charge < -0.3 is 38.7 Å². The van der Waals surface area contributed by atoms with Gasteiger partial charge >= 0.3 is 148 Å². The van der Waals surface area contributed by atoms with Crippen LogP contribution >= 0.6 is 0 Å². The Morgan fingerprint density at radius 2 is 0.937 bits per heavy atom. The van der Waals surface area contributed by atoms with Crippen molar-refractivity contribution in [1.82, 2.24) is 15.0 Å². The van der Waals surface area contributed by atoms with Crippen molar-refractivity contribution in [3.05, 3.63) is 121 Å². The molecule has 0 atom stereocenters. The van der Waals surface area contributed by atoms with E-state index in [2.05, 4.69) is 55.5 Å². The molecule has 39 heteroatoms. The third-order valence-corrected chi connectivity index (χ3v) is 15.3. The predicted molar refractivity (Wildman–Crippen MR) is 252 cm³/mol. The van der Waals surface area contributed by atoms with Gasteiger partial charge in [-0.2, -0.15) is 20.1 Å². The fourth-order valence-electron chi connectivity index (χ4n) is 6.47. The van der Waals surface area contributed by atoms with Crippen molar-refractivity contribution in [2.45, 2.75) is 31.4 Å². The maximum atomic E-state index is 12.9. The minimum absolute atomic E-state index is 0. The molecule has 0 amide bonds. The first-order valence-corrected chi connectivity index (χ1v) is 28.6. The monoisotopic (exact) mass is 1240 g/mol. The molecule has 0 aliphatic rings. The van der Waals surface area contributed by atoms with Crippen LogP contribution in [0, 0.1) is 6.92 Å². The maximum absolute atomic E-state index is 12.9. The summed E-state index contributed by atoms with van der Waals surface area (Å²) in [4.78, 5) is 8.88. The van der Waals surface area contributed by atoms with Gasteiger partial charge in [-0.15, -0.1) is 15.3 Å². The van der Waals surface area contributed by atoms with Crippen LogP contribution in [0.2, 0.25) is 0 Å². The van der Waals surface area contributed by atoms with Crippen molar-refractivity contribution in [1.29, 1.82) is 0 Å². The zero-order valence-corrected chi connectivity index (χ0v) is 56.7. The van der Waals surface area contributed by atoms with E-state index in [-0.39, 0.29) is 204 Å². The normalized spacial score (nSPS) is 12.1. The average molecular weight is 1250 g/mol. The van der Waals surface area contributed by atoms with E-state index in [0.717, 1.165) is 30.3 Å². The number of nitrogens with zero attached hydrogens (tertiary/aromatic N) is 7. The van der Waals surface area contributed by atoms with Crippen molar-refractivity contribution in [2.24, 2.45) is 20.5 Å². The van der Waals surface area contributed by atoms with Gasteiger partial charge in [-0.25, -0.2) is 50.5 Å². The van der Waals surface area contributed by atoms with Crippen LogP contribution in [0.15, 0.2) is 160 Å². The van der Waals surface area contributed by atoms with Crippen LogP contribution in [0.3, 0.4) is 0 Å². The van der Waals surface area contributed by atoms with Gasteiger partial charge in [-0.1, -0.05) is 24.3 Å². The minimum atomic E-state index is -5.35. The van der Waals surface area contributed by atoms with Gasteiger partial charge in [0.1, 0.15) is 46.2 Å². The van der Waals surface area contributed by atoms with E-state index in [0.29, 0.717) is 23.8 Å². The Hall–Kier alpha value is -2.35. The van der Waals surface area contributed by atoms with Crippen LogP contribution in [0.1, 0.15) is 5.56 Å². The summed E-state index contributed by atoms with van der Waals surface area (Å²) in [6.45, 7) is 0.611. The summed E-state index contributed by atoms with van der Waals surface area (Å²) < 4.78 is 206. The van der Waals surface area contributed by atoms with Crippen LogP contribution < -0.4 is 164 Å². The van der Waals surface area contributed by atoms with Crippen molar-refractivity contribution in [2.75, 3.05) is 28.3 Å². The number of azo groups is 2. The van der Waals surface area contributed by atoms with Crippen LogP contribution in [0.5, 0.6) is 0 Å². The molecule has 0 saturated heterocycles. The zero-order valence-electron chi connectivity index (χ0n) is 41.8. The van der Waals surface area contributed by atoms with Gasteiger partial charge in [0.15, 0.2) is 9.84 Å². The average Bonchev–Trinajstić information content (AvgIpc) is 3.29. The van der Waals surface area contributed by atoms with Gasteiger partial charge in [0, 0.05) is 22.1 Å². The zero-order chi connectivity index (χ0) is 54.0. The molecule has 6 aromatic carbocycles. The van der Waals surface area contributed by atoms with E-state index in [4.69, 9.17) is 0 Å². The summed E-state index contributed by atoms with van der Waals surface area (Å²) in [5.41, 5.74) is -0.0981. The maximum Gasteiger partial charge on any atom is 1.00 e. The quantitative estimate of drug-likeness (QED) is 0.0293. The number of fused-ring (bicyclic) bond motifs is 1. The first-order valence-electron chi connectivity index (χ1n) is 20.0. The number of benzene rings is 6. The summed E-state index contributed by atoms with van der Waals surface area (Å²) >= 11 is 0. The Labute approximate surface area is 562 Å².